The van der Waals surface area contributed by atoms with Crippen molar-refractivity contribution in [2.24, 2.45) is 23.7 Å². The van der Waals surface area contributed by atoms with E-state index in [-0.39, 0.29) is 0 Å². The van der Waals surface area contributed by atoms with E-state index in [1.807, 2.05) is 0 Å². The van der Waals surface area contributed by atoms with Crippen LogP contribution in [0.2, 0.25) is 0 Å². The van der Waals surface area contributed by atoms with Gasteiger partial charge in [-0.3, -0.25) is 0 Å². The number of hydrogen-bond acceptors (Lipinski definition) is 1. The van der Waals surface area contributed by atoms with Crippen LogP contribution in [0.4, 0.5) is 0 Å². The molecule has 0 aromatic carbocycles. The zero-order valence-electron chi connectivity index (χ0n) is 8.54. The van der Waals surface area contributed by atoms with Crippen LogP contribution in [-0.2, 0) is 4.74 Å². The van der Waals surface area contributed by atoms with E-state index in [0.29, 0.717) is 6.10 Å². The summed E-state index contributed by atoms with van der Waals surface area (Å²) in [5.41, 5.74) is 0. The second-order valence-electron chi connectivity index (χ2n) is 5.15. The molecule has 1 heteroatoms. The summed E-state index contributed by atoms with van der Waals surface area (Å²) < 4.78 is 5.84. The number of hydrogen-bond donors (Lipinski definition) is 0. The largest absolute Gasteiger partial charge is 0.378 e. The Balaban J connectivity index is 1.74. The summed E-state index contributed by atoms with van der Waals surface area (Å²) in [5.74, 6) is 4.18. The van der Waals surface area contributed by atoms with Crippen molar-refractivity contribution in [3.63, 3.8) is 0 Å². The zero-order valence-corrected chi connectivity index (χ0v) is 8.54. The first-order valence-corrected chi connectivity index (χ1v) is 6.01. The lowest BCUT2D eigenvalue weighted by Crippen LogP contribution is -2.30. The Labute approximate surface area is 80.8 Å². The van der Waals surface area contributed by atoms with Crippen LogP contribution in [0.5, 0.6) is 0 Å². The van der Waals surface area contributed by atoms with Gasteiger partial charge < -0.3 is 4.74 Å². The van der Waals surface area contributed by atoms with Gasteiger partial charge in [0, 0.05) is 6.61 Å². The lowest BCUT2D eigenvalue weighted by molar-refractivity contribution is -0.00383. The molecule has 5 unspecified atom stereocenters. The Morgan fingerprint density at radius 3 is 2.77 bits per heavy atom. The van der Waals surface area contributed by atoms with Gasteiger partial charge in [-0.15, -0.1) is 0 Å². The van der Waals surface area contributed by atoms with E-state index in [1.54, 1.807) is 0 Å². The van der Waals surface area contributed by atoms with E-state index in [9.17, 15) is 0 Å². The van der Waals surface area contributed by atoms with Gasteiger partial charge in [-0.1, -0.05) is 6.42 Å². The molecule has 0 saturated heterocycles. The first-order valence-electron chi connectivity index (χ1n) is 6.01. The van der Waals surface area contributed by atoms with Gasteiger partial charge in [0.1, 0.15) is 0 Å². The lowest BCUT2D eigenvalue weighted by Gasteiger charge is -2.31. The monoisotopic (exact) mass is 180 g/mol. The smallest absolute Gasteiger partial charge is 0.0608 e. The van der Waals surface area contributed by atoms with Crippen LogP contribution in [0.1, 0.15) is 39.0 Å². The van der Waals surface area contributed by atoms with E-state index in [4.69, 9.17) is 4.74 Å². The topological polar surface area (TPSA) is 9.23 Å². The van der Waals surface area contributed by atoms with Crippen molar-refractivity contribution >= 4 is 0 Å². The second-order valence-corrected chi connectivity index (χ2v) is 5.15. The average molecular weight is 180 g/mol. The van der Waals surface area contributed by atoms with Gasteiger partial charge in [-0.2, -0.15) is 0 Å². The highest BCUT2D eigenvalue weighted by atomic mass is 16.5. The molecule has 2 bridgehead atoms. The molecule has 5 atom stereocenters. The maximum atomic E-state index is 5.84. The summed E-state index contributed by atoms with van der Waals surface area (Å²) >= 11 is 0. The van der Waals surface area contributed by atoms with Crippen molar-refractivity contribution in [2.45, 2.75) is 45.1 Å². The summed E-state index contributed by atoms with van der Waals surface area (Å²) in [7, 11) is 0. The van der Waals surface area contributed by atoms with Gasteiger partial charge in [0.2, 0.25) is 0 Å². The summed E-state index contributed by atoms with van der Waals surface area (Å²) in [6.07, 6.45) is 8.08. The van der Waals surface area contributed by atoms with Crippen LogP contribution in [-0.4, -0.2) is 12.7 Å². The minimum Gasteiger partial charge on any atom is -0.378 e. The van der Waals surface area contributed by atoms with Crippen molar-refractivity contribution in [2.75, 3.05) is 6.61 Å². The summed E-state index contributed by atoms with van der Waals surface area (Å²) in [4.78, 5) is 0. The summed E-state index contributed by atoms with van der Waals surface area (Å²) in [5, 5.41) is 0. The molecule has 13 heavy (non-hydrogen) atoms. The van der Waals surface area contributed by atoms with E-state index >= 15 is 0 Å². The highest BCUT2D eigenvalue weighted by Crippen LogP contribution is 2.59. The lowest BCUT2D eigenvalue weighted by atomic mass is 9.80. The van der Waals surface area contributed by atoms with Gasteiger partial charge in [-0.25, -0.2) is 0 Å². The van der Waals surface area contributed by atoms with Crippen LogP contribution < -0.4 is 0 Å². The molecular weight excluding hydrogens is 160 g/mol. The van der Waals surface area contributed by atoms with Crippen LogP contribution >= 0.6 is 0 Å². The van der Waals surface area contributed by atoms with E-state index < -0.39 is 0 Å². The van der Waals surface area contributed by atoms with Gasteiger partial charge in [-0.05, 0) is 56.3 Å². The Hall–Kier alpha value is -0.0400. The fourth-order valence-corrected chi connectivity index (χ4v) is 4.41. The second kappa shape index (κ2) is 2.98. The Morgan fingerprint density at radius 2 is 1.92 bits per heavy atom. The van der Waals surface area contributed by atoms with Crippen molar-refractivity contribution < 1.29 is 4.74 Å². The molecule has 3 rings (SSSR count). The van der Waals surface area contributed by atoms with Crippen LogP contribution in [0.3, 0.4) is 0 Å². The molecule has 0 amide bonds. The number of ether oxygens (including phenoxy) is 1. The minimum atomic E-state index is 0.648. The molecule has 0 radical (unpaired) electrons. The van der Waals surface area contributed by atoms with Crippen molar-refractivity contribution in [1.82, 2.24) is 0 Å². The molecule has 3 aliphatic carbocycles. The molecule has 0 N–H and O–H groups in total. The molecule has 3 saturated carbocycles. The van der Waals surface area contributed by atoms with Gasteiger partial charge in [0.25, 0.3) is 0 Å². The van der Waals surface area contributed by atoms with Crippen LogP contribution in [0.15, 0.2) is 0 Å². The van der Waals surface area contributed by atoms with Crippen molar-refractivity contribution in [3.05, 3.63) is 0 Å². The molecule has 0 aromatic heterocycles. The molecule has 1 nitrogen and oxygen atoms in total. The standard InChI is InChI=1S/C12H20O/c1-2-13-12-7-8-6-11(12)10-5-3-4-9(8)10/h8-12H,2-7H2,1H3. The van der Waals surface area contributed by atoms with Crippen LogP contribution in [0, 0.1) is 23.7 Å². The highest BCUT2D eigenvalue weighted by Gasteiger charge is 2.53. The predicted octanol–water partition coefficient (Wildman–Crippen LogP) is 2.85. The maximum absolute atomic E-state index is 5.84. The summed E-state index contributed by atoms with van der Waals surface area (Å²) in [6.45, 7) is 3.06. The predicted molar refractivity (Wildman–Crippen MR) is 52.5 cm³/mol. The Kier molecular flexibility index (Phi) is 1.90. The van der Waals surface area contributed by atoms with Crippen LogP contribution in [0.25, 0.3) is 0 Å². The fourth-order valence-electron chi connectivity index (χ4n) is 4.41. The van der Waals surface area contributed by atoms with E-state index in [2.05, 4.69) is 6.92 Å². The van der Waals surface area contributed by atoms with Crippen molar-refractivity contribution in [3.8, 4) is 0 Å². The molecule has 0 aromatic rings. The minimum absolute atomic E-state index is 0.648. The average Bonchev–Trinajstić information content (AvgIpc) is 2.72. The highest BCUT2D eigenvalue weighted by molar-refractivity contribution is 5.03. The molecule has 0 aliphatic heterocycles. The number of fused-ring (bicyclic) bond motifs is 5. The summed E-state index contributed by atoms with van der Waals surface area (Å²) in [6, 6.07) is 0. The molecule has 3 aliphatic rings. The van der Waals surface area contributed by atoms with Gasteiger partial charge >= 0.3 is 0 Å². The quantitative estimate of drug-likeness (QED) is 0.635. The molecular formula is C12H20O. The molecule has 0 heterocycles. The third-order valence-corrected chi connectivity index (χ3v) is 4.75. The van der Waals surface area contributed by atoms with Gasteiger partial charge in [0.05, 0.1) is 6.10 Å². The van der Waals surface area contributed by atoms with E-state index in [0.717, 1.165) is 30.3 Å². The SMILES string of the molecule is CCOC1CC2CC1C1CCCC21. The van der Waals surface area contributed by atoms with Gasteiger partial charge in [0.15, 0.2) is 0 Å². The molecule has 0 spiro atoms. The van der Waals surface area contributed by atoms with Crippen molar-refractivity contribution in [1.29, 1.82) is 0 Å². The Morgan fingerprint density at radius 1 is 1.08 bits per heavy atom. The molecule has 3 fully saturated rings. The number of rotatable bonds is 2. The first kappa shape index (κ1) is 8.28. The maximum Gasteiger partial charge on any atom is 0.0608 e. The third kappa shape index (κ3) is 1.09. The fraction of sp³-hybridized carbons (Fsp3) is 1.00. The third-order valence-electron chi connectivity index (χ3n) is 4.75. The Bertz CT molecular complexity index is 201. The van der Waals surface area contributed by atoms with E-state index in [1.165, 1.54) is 32.1 Å². The molecule has 74 valence electrons. The normalized spacial score (nSPS) is 52.8. The zero-order chi connectivity index (χ0) is 8.84. The first-order chi connectivity index (χ1) is 6.40.